The van der Waals surface area contributed by atoms with Crippen molar-refractivity contribution in [2.24, 2.45) is 16.9 Å². The van der Waals surface area contributed by atoms with Gasteiger partial charge in [0.25, 0.3) is 0 Å². The van der Waals surface area contributed by atoms with E-state index in [1.165, 1.54) is 6.42 Å². The molecule has 1 heterocycles. The Labute approximate surface area is 106 Å². The fourth-order valence-corrected chi connectivity index (χ4v) is 3.03. The lowest BCUT2D eigenvalue weighted by Crippen LogP contribution is -2.43. The van der Waals surface area contributed by atoms with Gasteiger partial charge in [-0.3, -0.25) is 4.79 Å². The second-order valence-corrected chi connectivity index (χ2v) is 5.10. The van der Waals surface area contributed by atoms with Crippen molar-refractivity contribution in [2.45, 2.75) is 25.7 Å². The lowest BCUT2D eigenvalue weighted by Gasteiger charge is -2.34. The molecule has 4 heteroatoms. The molecular weight excluding hydrogens is 226 g/mol. The summed E-state index contributed by atoms with van der Waals surface area (Å²) < 4.78 is 0. The van der Waals surface area contributed by atoms with E-state index in [-0.39, 0.29) is 17.7 Å². The number of carbonyl (C=O) groups is 1. The van der Waals surface area contributed by atoms with Crippen LogP contribution in [0.15, 0.2) is 29.4 Å². The SMILES string of the molecule is Nc1cccc(C2=NNC(=O)[C@@H]3CCCC[C@@H]23)c1. The van der Waals surface area contributed by atoms with Crippen LogP contribution in [-0.4, -0.2) is 11.6 Å². The average molecular weight is 243 g/mol. The standard InChI is InChI=1S/C14H17N3O/c15-10-5-3-4-9(8-10)13-11-6-1-2-7-12(11)14(18)17-16-13/h3-5,8,11-12H,1-2,6-7,15H2,(H,17,18)/t11-,12-/m1/s1. The molecule has 2 aliphatic rings. The number of nitrogen functional groups attached to an aromatic ring is 1. The van der Waals surface area contributed by atoms with Gasteiger partial charge in [-0.05, 0) is 25.0 Å². The fourth-order valence-electron chi connectivity index (χ4n) is 3.03. The Kier molecular flexibility index (Phi) is 2.78. The van der Waals surface area contributed by atoms with E-state index >= 15 is 0 Å². The van der Waals surface area contributed by atoms with Gasteiger partial charge in [0, 0.05) is 23.1 Å². The summed E-state index contributed by atoms with van der Waals surface area (Å²) in [7, 11) is 0. The first-order valence-electron chi connectivity index (χ1n) is 6.49. The molecule has 3 rings (SSSR count). The Hall–Kier alpha value is -1.84. The van der Waals surface area contributed by atoms with Crippen molar-refractivity contribution < 1.29 is 4.79 Å². The minimum Gasteiger partial charge on any atom is -0.399 e. The van der Waals surface area contributed by atoms with Gasteiger partial charge >= 0.3 is 0 Å². The number of nitrogens with one attached hydrogen (secondary N) is 1. The summed E-state index contributed by atoms with van der Waals surface area (Å²) in [5.41, 5.74) is 11.2. The van der Waals surface area contributed by atoms with Crippen LogP contribution >= 0.6 is 0 Å². The number of nitrogens with zero attached hydrogens (tertiary/aromatic N) is 1. The van der Waals surface area contributed by atoms with Crippen molar-refractivity contribution in [1.29, 1.82) is 0 Å². The summed E-state index contributed by atoms with van der Waals surface area (Å²) in [6.45, 7) is 0. The molecule has 0 spiro atoms. The van der Waals surface area contributed by atoms with E-state index in [0.717, 1.165) is 36.2 Å². The first-order chi connectivity index (χ1) is 8.75. The Balaban J connectivity index is 1.98. The van der Waals surface area contributed by atoms with Crippen molar-refractivity contribution in [2.75, 3.05) is 5.73 Å². The van der Waals surface area contributed by atoms with Gasteiger partial charge in [-0.1, -0.05) is 25.0 Å². The van der Waals surface area contributed by atoms with Gasteiger partial charge in [0.05, 0.1) is 5.71 Å². The molecule has 0 bridgehead atoms. The minimum atomic E-state index is 0.0763. The highest BCUT2D eigenvalue weighted by atomic mass is 16.2. The molecule has 1 amide bonds. The Bertz CT molecular complexity index is 510. The summed E-state index contributed by atoms with van der Waals surface area (Å²) in [6, 6.07) is 7.74. The Morgan fingerprint density at radius 2 is 2.00 bits per heavy atom. The van der Waals surface area contributed by atoms with Crippen LogP contribution < -0.4 is 11.2 Å². The van der Waals surface area contributed by atoms with Gasteiger partial charge in [0.1, 0.15) is 0 Å². The van der Waals surface area contributed by atoms with Crippen LogP contribution in [0, 0.1) is 11.8 Å². The average Bonchev–Trinajstić information content (AvgIpc) is 2.39. The van der Waals surface area contributed by atoms with Crippen molar-refractivity contribution in [1.82, 2.24) is 5.43 Å². The maximum absolute atomic E-state index is 11.8. The second-order valence-electron chi connectivity index (χ2n) is 5.10. The van der Waals surface area contributed by atoms with Crippen molar-refractivity contribution in [3.05, 3.63) is 29.8 Å². The molecular formula is C14H17N3O. The van der Waals surface area contributed by atoms with Crippen molar-refractivity contribution in [3.63, 3.8) is 0 Å². The van der Waals surface area contributed by atoms with Crippen LogP contribution in [0.2, 0.25) is 0 Å². The summed E-state index contributed by atoms with van der Waals surface area (Å²) in [5, 5.41) is 4.27. The van der Waals surface area contributed by atoms with E-state index in [2.05, 4.69) is 10.5 Å². The minimum absolute atomic E-state index is 0.0763. The van der Waals surface area contributed by atoms with E-state index in [0.29, 0.717) is 0 Å². The van der Waals surface area contributed by atoms with Crippen LogP contribution in [0.4, 0.5) is 5.69 Å². The van der Waals surface area contributed by atoms with Crippen LogP contribution in [-0.2, 0) is 4.79 Å². The van der Waals surface area contributed by atoms with E-state index in [9.17, 15) is 4.79 Å². The summed E-state index contributed by atoms with van der Waals surface area (Å²) in [6.07, 6.45) is 4.33. The highest BCUT2D eigenvalue weighted by Gasteiger charge is 2.37. The van der Waals surface area contributed by atoms with Crippen molar-refractivity contribution in [3.8, 4) is 0 Å². The normalized spacial score (nSPS) is 27.1. The molecule has 4 nitrogen and oxygen atoms in total. The predicted octanol–water partition coefficient (Wildman–Crippen LogP) is 1.91. The topological polar surface area (TPSA) is 67.5 Å². The maximum Gasteiger partial charge on any atom is 0.243 e. The molecule has 1 aromatic rings. The van der Waals surface area contributed by atoms with Crippen LogP contribution in [0.1, 0.15) is 31.2 Å². The smallest absolute Gasteiger partial charge is 0.243 e. The van der Waals surface area contributed by atoms with Crippen LogP contribution in [0.25, 0.3) is 0 Å². The quantitative estimate of drug-likeness (QED) is 0.740. The highest BCUT2D eigenvalue weighted by Crippen LogP contribution is 2.35. The number of nitrogens with two attached hydrogens (primary N) is 1. The van der Waals surface area contributed by atoms with Gasteiger partial charge in [-0.2, -0.15) is 5.10 Å². The largest absolute Gasteiger partial charge is 0.399 e. The van der Waals surface area contributed by atoms with Gasteiger partial charge in [-0.15, -0.1) is 0 Å². The van der Waals surface area contributed by atoms with Gasteiger partial charge < -0.3 is 5.73 Å². The number of hydrogen-bond donors (Lipinski definition) is 2. The molecule has 0 saturated heterocycles. The molecule has 0 aromatic heterocycles. The lowest BCUT2D eigenvalue weighted by molar-refractivity contribution is -0.127. The number of benzene rings is 1. The number of hydrogen-bond acceptors (Lipinski definition) is 3. The van der Waals surface area contributed by atoms with E-state index in [1.54, 1.807) is 0 Å². The molecule has 1 fully saturated rings. The number of anilines is 1. The Morgan fingerprint density at radius 1 is 1.22 bits per heavy atom. The molecule has 2 atom stereocenters. The monoisotopic (exact) mass is 243 g/mol. The second kappa shape index (κ2) is 4.44. The summed E-state index contributed by atoms with van der Waals surface area (Å²) >= 11 is 0. The van der Waals surface area contributed by atoms with E-state index < -0.39 is 0 Å². The molecule has 1 aliphatic carbocycles. The summed E-state index contributed by atoms with van der Waals surface area (Å²) in [5.74, 6) is 0.425. The third-order valence-corrected chi connectivity index (χ3v) is 3.92. The van der Waals surface area contributed by atoms with Gasteiger partial charge in [0.2, 0.25) is 5.91 Å². The molecule has 1 aromatic carbocycles. The third kappa shape index (κ3) is 1.88. The Morgan fingerprint density at radius 3 is 2.78 bits per heavy atom. The number of hydrazone groups is 1. The molecule has 1 aliphatic heterocycles. The number of rotatable bonds is 1. The number of carbonyl (C=O) groups excluding carboxylic acids is 1. The molecule has 0 radical (unpaired) electrons. The molecule has 0 unspecified atom stereocenters. The molecule has 18 heavy (non-hydrogen) atoms. The molecule has 3 N–H and O–H groups in total. The van der Waals surface area contributed by atoms with Gasteiger partial charge in [-0.25, -0.2) is 5.43 Å². The third-order valence-electron chi connectivity index (χ3n) is 3.92. The van der Waals surface area contributed by atoms with E-state index in [4.69, 9.17) is 5.73 Å². The predicted molar refractivity (Wildman–Crippen MR) is 71.0 cm³/mol. The zero-order chi connectivity index (χ0) is 12.5. The zero-order valence-electron chi connectivity index (χ0n) is 10.2. The number of fused-ring (bicyclic) bond motifs is 1. The summed E-state index contributed by atoms with van der Waals surface area (Å²) in [4.78, 5) is 11.8. The molecule has 1 saturated carbocycles. The maximum atomic E-state index is 11.8. The highest BCUT2D eigenvalue weighted by molar-refractivity contribution is 6.07. The van der Waals surface area contributed by atoms with Crippen LogP contribution in [0.3, 0.4) is 0 Å². The van der Waals surface area contributed by atoms with Gasteiger partial charge in [0.15, 0.2) is 0 Å². The zero-order valence-corrected chi connectivity index (χ0v) is 10.2. The molecule has 94 valence electrons. The fraction of sp³-hybridized carbons (Fsp3) is 0.429. The van der Waals surface area contributed by atoms with E-state index in [1.807, 2.05) is 24.3 Å². The number of amides is 1. The van der Waals surface area contributed by atoms with Crippen molar-refractivity contribution >= 4 is 17.3 Å². The lowest BCUT2D eigenvalue weighted by atomic mass is 9.74. The first-order valence-corrected chi connectivity index (χ1v) is 6.49. The van der Waals surface area contributed by atoms with Crippen LogP contribution in [0.5, 0.6) is 0 Å². The first kappa shape index (κ1) is 11.3.